The molecule has 2 aromatic heterocycles. The van der Waals surface area contributed by atoms with Gasteiger partial charge >= 0.3 is 0 Å². The van der Waals surface area contributed by atoms with E-state index in [0.717, 1.165) is 16.7 Å². The number of aryl methyl sites for hydroxylation is 2. The Kier molecular flexibility index (Phi) is 7.32. The summed E-state index contributed by atoms with van der Waals surface area (Å²) in [6.45, 7) is 4.51. The number of hydrogen-bond acceptors (Lipinski definition) is 5. The van der Waals surface area contributed by atoms with Gasteiger partial charge in [0.25, 0.3) is 11.7 Å². The van der Waals surface area contributed by atoms with Crippen LogP contribution in [0, 0.1) is 13.8 Å². The van der Waals surface area contributed by atoms with Gasteiger partial charge in [0.1, 0.15) is 23.7 Å². The summed E-state index contributed by atoms with van der Waals surface area (Å²) < 4.78 is 7.85. The number of fused-ring (bicyclic) bond motifs is 1. The molecule has 0 saturated carbocycles. The fourth-order valence-electron chi connectivity index (χ4n) is 5.51. The summed E-state index contributed by atoms with van der Waals surface area (Å²) in [4.78, 5) is 33.3. The number of aromatic nitrogens is 2. The first kappa shape index (κ1) is 27.0. The number of aliphatic hydroxyl groups is 1. The first-order chi connectivity index (χ1) is 20.4. The summed E-state index contributed by atoms with van der Waals surface area (Å²) in [6.07, 6.45) is 2.43. The van der Waals surface area contributed by atoms with E-state index in [2.05, 4.69) is 4.98 Å². The van der Waals surface area contributed by atoms with Gasteiger partial charge in [-0.3, -0.25) is 9.59 Å². The van der Waals surface area contributed by atoms with Gasteiger partial charge in [-0.1, -0.05) is 78.9 Å². The van der Waals surface area contributed by atoms with Crippen LogP contribution in [0.5, 0.6) is 5.75 Å². The van der Waals surface area contributed by atoms with E-state index in [1.165, 1.54) is 0 Å². The van der Waals surface area contributed by atoms with E-state index in [1.54, 1.807) is 4.90 Å². The molecule has 0 spiro atoms. The van der Waals surface area contributed by atoms with Gasteiger partial charge in [0.15, 0.2) is 5.76 Å². The normalized spacial score (nSPS) is 16.3. The quantitative estimate of drug-likeness (QED) is 0.140. The largest absolute Gasteiger partial charge is 0.505 e. The zero-order valence-corrected chi connectivity index (χ0v) is 23.5. The molecule has 1 aliphatic heterocycles. The predicted molar refractivity (Wildman–Crippen MR) is 161 cm³/mol. The lowest BCUT2D eigenvalue weighted by atomic mass is 9.96. The average Bonchev–Trinajstić information content (AvgIpc) is 3.49. The number of imidazole rings is 1. The van der Waals surface area contributed by atoms with Crippen molar-refractivity contribution in [2.45, 2.75) is 32.9 Å². The number of carbonyl (C=O) groups excluding carboxylic acids is 2. The lowest BCUT2D eigenvalue weighted by Gasteiger charge is -2.25. The second-order valence-corrected chi connectivity index (χ2v) is 10.5. The number of ketones is 1. The first-order valence-electron chi connectivity index (χ1n) is 14.0. The maximum absolute atomic E-state index is 13.6. The Bertz CT molecular complexity index is 1790. The number of amides is 1. The highest BCUT2D eigenvalue weighted by molar-refractivity contribution is 6.46. The minimum atomic E-state index is -0.776. The van der Waals surface area contributed by atoms with Gasteiger partial charge in [0, 0.05) is 12.7 Å². The molecule has 210 valence electrons. The molecule has 0 bridgehead atoms. The molecule has 0 radical (unpaired) electrons. The number of pyridine rings is 1. The molecule has 7 nitrogen and oxygen atoms in total. The fraction of sp³-hybridized carbons (Fsp3) is 0.171. The zero-order chi connectivity index (χ0) is 29.2. The molecule has 0 aliphatic carbocycles. The van der Waals surface area contributed by atoms with E-state index in [0.29, 0.717) is 42.2 Å². The number of aliphatic hydroxyl groups excluding tert-OH is 1. The van der Waals surface area contributed by atoms with Crippen LogP contribution in [0.25, 0.3) is 11.4 Å². The number of hydrogen-bond donors (Lipinski definition) is 1. The van der Waals surface area contributed by atoms with Crippen LogP contribution in [-0.4, -0.2) is 37.6 Å². The van der Waals surface area contributed by atoms with Crippen molar-refractivity contribution in [3.05, 3.63) is 142 Å². The van der Waals surface area contributed by atoms with Gasteiger partial charge in [-0.15, -0.1) is 0 Å². The van der Waals surface area contributed by atoms with E-state index < -0.39 is 17.7 Å². The van der Waals surface area contributed by atoms with Gasteiger partial charge in [-0.05, 0) is 60.7 Å². The Labute approximate surface area is 244 Å². The number of likely N-dealkylation sites (tertiary alicyclic amines) is 1. The molecule has 1 unspecified atom stereocenters. The van der Waals surface area contributed by atoms with Crippen molar-refractivity contribution in [1.82, 2.24) is 14.3 Å². The molecule has 1 saturated heterocycles. The molecule has 1 aliphatic rings. The summed E-state index contributed by atoms with van der Waals surface area (Å²) in [5.41, 5.74) is 5.44. The third-order valence-corrected chi connectivity index (χ3v) is 7.78. The summed E-state index contributed by atoms with van der Waals surface area (Å²) in [5.74, 6) is -0.969. The number of Topliss-reactive ketones (excluding diaryl/α,β-unsaturated/α-hetero) is 1. The molecule has 1 atom stereocenters. The highest BCUT2D eigenvalue weighted by Gasteiger charge is 2.46. The van der Waals surface area contributed by atoms with Crippen molar-refractivity contribution in [2.24, 2.45) is 0 Å². The Morgan fingerprint density at radius 3 is 2.19 bits per heavy atom. The van der Waals surface area contributed by atoms with Crippen LogP contribution < -0.4 is 4.74 Å². The summed E-state index contributed by atoms with van der Waals surface area (Å²) >= 11 is 0. The van der Waals surface area contributed by atoms with Crippen molar-refractivity contribution in [3.8, 4) is 5.75 Å². The third kappa shape index (κ3) is 5.05. The maximum atomic E-state index is 13.6. The topological polar surface area (TPSA) is 84.1 Å². The van der Waals surface area contributed by atoms with Crippen LogP contribution in [-0.2, 0) is 22.6 Å². The Balaban J connectivity index is 1.39. The van der Waals surface area contributed by atoms with E-state index in [4.69, 9.17) is 4.74 Å². The van der Waals surface area contributed by atoms with Crippen molar-refractivity contribution in [3.63, 3.8) is 0 Å². The minimum Gasteiger partial charge on any atom is -0.505 e. The summed E-state index contributed by atoms with van der Waals surface area (Å²) in [5, 5.41) is 11.7. The number of ether oxygens (including phenoxy) is 1. The summed E-state index contributed by atoms with van der Waals surface area (Å²) in [7, 11) is 0. The van der Waals surface area contributed by atoms with Crippen LogP contribution in [0.15, 0.2) is 109 Å². The van der Waals surface area contributed by atoms with Crippen molar-refractivity contribution >= 4 is 23.1 Å². The van der Waals surface area contributed by atoms with Gasteiger partial charge < -0.3 is 19.1 Å². The standard InChI is InChI=1S/C35H31N3O4/c1-23-10-9-20-37-24(2)30(36-34(23)37)32(39)29-31(38(35(41)33(29)40)21-19-25-11-5-3-6-12-25)27-15-17-28(18-16-27)42-22-26-13-7-4-8-14-26/h3-18,20,31,39H,19,21-22H2,1-2H3/b32-29+. The van der Waals surface area contributed by atoms with Gasteiger partial charge in [-0.2, -0.15) is 0 Å². The van der Waals surface area contributed by atoms with Gasteiger partial charge in [-0.25, -0.2) is 4.98 Å². The maximum Gasteiger partial charge on any atom is 0.295 e. The molecule has 1 N–H and O–H groups in total. The highest BCUT2D eigenvalue weighted by Crippen LogP contribution is 2.40. The number of benzene rings is 3. The van der Waals surface area contributed by atoms with E-state index in [9.17, 15) is 14.7 Å². The van der Waals surface area contributed by atoms with E-state index in [-0.39, 0.29) is 17.0 Å². The minimum absolute atomic E-state index is 0.0372. The Morgan fingerprint density at radius 2 is 1.52 bits per heavy atom. The lowest BCUT2D eigenvalue weighted by Crippen LogP contribution is -2.31. The predicted octanol–water partition coefficient (Wildman–Crippen LogP) is 6.19. The molecule has 6 rings (SSSR count). The SMILES string of the molecule is Cc1cccn2c(C)c(/C(O)=C3\C(=O)C(=O)N(CCc4ccccc4)C3c3ccc(OCc4ccccc4)cc3)nc12. The molecule has 1 amide bonds. The Morgan fingerprint density at radius 1 is 0.857 bits per heavy atom. The van der Waals surface area contributed by atoms with Crippen LogP contribution in [0.2, 0.25) is 0 Å². The van der Waals surface area contributed by atoms with Crippen LogP contribution >= 0.6 is 0 Å². The smallest absolute Gasteiger partial charge is 0.295 e. The number of rotatable bonds is 8. The first-order valence-corrected chi connectivity index (χ1v) is 14.0. The van der Waals surface area contributed by atoms with Crippen molar-refractivity contribution < 1.29 is 19.4 Å². The van der Waals surface area contributed by atoms with E-state index >= 15 is 0 Å². The van der Waals surface area contributed by atoms with Gasteiger partial charge in [0.2, 0.25) is 0 Å². The fourth-order valence-corrected chi connectivity index (χ4v) is 5.51. The molecule has 5 aromatic rings. The number of carbonyl (C=O) groups is 2. The Hall–Kier alpha value is -5.17. The van der Waals surface area contributed by atoms with Gasteiger partial charge in [0.05, 0.1) is 17.3 Å². The second-order valence-electron chi connectivity index (χ2n) is 10.5. The molecular formula is C35H31N3O4. The third-order valence-electron chi connectivity index (χ3n) is 7.78. The van der Waals surface area contributed by atoms with Crippen LogP contribution in [0.1, 0.15) is 39.7 Å². The molecule has 3 heterocycles. The summed E-state index contributed by atoms with van der Waals surface area (Å²) in [6, 6.07) is 30.1. The molecular weight excluding hydrogens is 526 g/mol. The van der Waals surface area contributed by atoms with Crippen molar-refractivity contribution in [1.29, 1.82) is 0 Å². The second kappa shape index (κ2) is 11.4. The van der Waals surface area contributed by atoms with E-state index in [1.807, 2.05) is 122 Å². The number of nitrogens with zero attached hydrogens (tertiary/aromatic N) is 3. The van der Waals surface area contributed by atoms with Crippen LogP contribution in [0.4, 0.5) is 0 Å². The molecule has 3 aromatic carbocycles. The molecule has 1 fully saturated rings. The monoisotopic (exact) mass is 557 g/mol. The molecule has 42 heavy (non-hydrogen) atoms. The lowest BCUT2D eigenvalue weighted by molar-refractivity contribution is -0.139. The zero-order valence-electron chi connectivity index (χ0n) is 23.5. The van der Waals surface area contributed by atoms with Crippen LogP contribution in [0.3, 0.4) is 0 Å². The average molecular weight is 558 g/mol. The van der Waals surface area contributed by atoms with Crippen molar-refractivity contribution in [2.75, 3.05) is 6.54 Å². The molecule has 7 heteroatoms. The highest BCUT2D eigenvalue weighted by atomic mass is 16.5.